The van der Waals surface area contributed by atoms with Crippen molar-refractivity contribution in [2.24, 2.45) is 5.11 Å². The van der Waals surface area contributed by atoms with Crippen molar-refractivity contribution >= 4 is 35.3 Å². The van der Waals surface area contributed by atoms with Gasteiger partial charge in [0, 0.05) is 35.9 Å². The van der Waals surface area contributed by atoms with E-state index in [-0.39, 0.29) is 18.2 Å². The lowest BCUT2D eigenvalue weighted by Gasteiger charge is -2.36. The van der Waals surface area contributed by atoms with Gasteiger partial charge >= 0.3 is 12.1 Å². The van der Waals surface area contributed by atoms with Crippen LogP contribution in [0.1, 0.15) is 17.7 Å². The Kier molecular flexibility index (Phi) is 7.10. The van der Waals surface area contributed by atoms with E-state index in [1.807, 2.05) is 30.3 Å². The fourth-order valence-corrected chi connectivity index (χ4v) is 3.62. The standard InChI is InChI=1S/C19H20Cl2N6O3/c1-12-17(21)14(20)9-27(12)18(28)23-15-7-8-26(10-16(15)24-25-22)19(29)30-11-13-5-3-2-4-6-13/h2-6,9,15-16H,7-8,10-11H2,1H3,(H,23,28)/t15-,16+/m1/s1. The number of carbonyl (C=O) groups excluding carboxylic acids is 2. The van der Waals surface area contributed by atoms with E-state index >= 15 is 0 Å². The Labute approximate surface area is 183 Å². The molecule has 30 heavy (non-hydrogen) atoms. The Hall–Kier alpha value is -2.87. The maximum atomic E-state index is 12.6. The second kappa shape index (κ2) is 9.75. The summed E-state index contributed by atoms with van der Waals surface area (Å²) in [5, 5.41) is 7.17. The fraction of sp³-hybridized carbons (Fsp3) is 0.368. The van der Waals surface area contributed by atoms with Crippen molar-refractivity contribution in [3.8, 4) is 0 Å². The molecule has 9 nitrogen and oxygen atoms in total. The molecule has 1 N–H and O–H groups in total. The van der Waals surface area contributed by atoms with Crippen LogP contribution in [-0.2, 0) is 11.3 Å². The van der Waals surface area contributed by atoms with Gasteiger partial charge in [-0.1, -0.05) is 58.6 Å². The van der Waals surface area contributed by atoms with Crippen LogP contribution in [0.25, 0.3) is 10.4 Å². The number of nitrogens with one attached hydrogen (secondary N) is 1. The summed E-state index contributed by atoms with van der Waals surface area (Å²) < 4.78 is 6.65. The number of aromatic nitrogens is 1. The predicted octanol–water partition coefficient (Wildman–Crippen LogP) is 4.75. The summed E-state index contributed by atoms with van der Waals surface area (Å²) >= 11 is 12.0. The number of halogens is 2. The van der Waals surface area contributed by atoms with Gasteiger partial charge in [0.25, 0.3) is 0 Å². The highest BCUT2D eigenvalue weighted by Crippen LogP contribution is 2.27. The Morgan fingerprint density at radius 2 is 2.07 bits per heavy atom. The van der Waals surface area contributed by atoms with Crippen molar-refractivity contribution in [1.29, 1.82) is 0 Å². The average Bonchev–Trinajstić information content (AvgIpc) is 3.01. The summed E-state index contributed by atoms with van der Waals surface area (Å²) in [6, 6.07) is 7.80. The van der Waals surface area contributed by atoms with E-state index in [2.05, 4.69) is 15.3 Å². The van der Waals surface area contributed by atoms with Crippen molar-refractivity contribution in [2.45, 2.75) is 32.0 Å². The summed E-state index contributed by atoms with van der Waals surface area (Å²) in [6.45, 7) is 2.30. The molecule has 1 fully saturated rings. The largest absolute Gasteiger partial charge is 0.445 e. The first-order valence-corrected chi connectivity index (χ1v) is 10.00. The van der Waals surface area contributed by atoms with Crippen LogP contribution < -0.4 is 5.32 Å². The Balaban J connectivity index is 1.62. The highest BCUT2D eigenvalue weighted by atomic mass is 35.5. The quantitative estimate of drug-likeness (QED) is 0.411. The van der Waals surface area contributed by atoms with Gasteiger partial charge in [-0.2, -0.15) is 0 Å². The SMILES string of the molecule is Cc1c(Cl)c(Cl)cn1C(=O)N[C@@H]1CCN(C(=O)OCc2ccccc2)C[C@@H]1N=[N+]=[N-]. The number of hydrogen-bond acceptors (Lipinski definition) is 4. The molecule has 1 aliphatic heterocycles. The van der Waals surface area contributed by atoms with Crippen LogP contribution in [0.15, 0.2) is 41.6 Å². The maximum Gasteiger partial charge on any atom is 0.410 e. The third-order valence-corrected chi connectivity index (χ3v) is 5.76. The molecule has 0 aliphatic carbocycles. The third kappa shape index (κ3) is 4.99. The number of ether oxygens (including phenoxy) is 1. The Morgan fingerprint density at radius 1 is 1.33 bits per heavy atom. The molecule has 2 amide bonds. The van der Waals surface area contributed by atoms with Crippen LogP contribution in [0, 0.1) is 6.92 Å². The zero-order valence-corrected chi connectivity index (χ0v) is 17.7. The molecule has 0 bridgehead atoms. The molecule has 2 aromatic rings. The molecule has 1 aliphatic rings. The number of benzene rings is 1. The summed E-state index contributed by atoms with van der Waals surface area (Å²) in [7, 11) is 0. The number of piperidine rings is 1. The van der Waals surface area contributed by atoms with Crippen molar-refractivity contribution in [3.63, 3.8) is 0 Å². The van der Waals surface area contributed by atoms with Crippen LogP contribution in [0.2, 0.25) is 10.0 Å². The lowest BCUT2D eigenvalue weighted by Crippen LogP contribution is -2.55. The molecule has 0 saturated carbocycles. The highest BCUT2D eigenvalue weighted by molar-refractivity contribution is 6.42. The highest BCUT2D eigenvalue weighted by Gasteiger charge is 2.33. The fourth-order valence-electron chi connectivity index (χ4n) is 3.24. The van der Waals surface area contributed by atoms with Gasteiger partial charge in [-0.25, -0.2) is 9.59 Å². The van der Waals surface area contributed by atoms with Gasteiger partial charge in [0.2, 0.25) is 0 Å². The van der Waals surface area contributed by atoms with Crippen LogP contribution >= 0.6 is 23.2 Å². The number of amides is 2. The van der Waals surface area contributed by atoms with Gasteiger partial charge < -0.3 is 15.0 Å². The Morgan fingerprint density at radius 3 is 2.70 bits per heavy atom. The summed E-state index contributed by atoms with van der Waals surface area (Å²) in [5.41, 5.74) is 10.3. The van der Waals surface area contributed by atoms with Gasteiger partial charge in [0.1, 0.15) is 6.61 Å². The number of hydrogen-bond donors (Lipinski definition) is 1. The average molecular weight is 451 g/mol. The first-order valence-electron chi connectivity index (χ1n) is 9.24. The molecule has 1 aromatic carbocycles. The number of rotatable bonds is 4. The first kappa shape index (κ1) is 21.8. The molecule has 0 unspecified atom stereocenters. The topological polar surface area (TPSA) is 112 Å². The molecule has 158 valence electrons. The van der Waals surface area contributed by atoms with Gasteiger partial charge in [0.15, 0.2) is 0 Å². The van der Waals surface area contributed by atoms with Crippen LogP contribution in [0.5, 0.6) is 0 Å². The van der Waals surface area contributed by atoms with E-state index in [1.54, 1.807) is 6.92 Å². The summed E-state index contributed by atoms with van der Waals surface area (Å²) in [6.07, 6.45) is 1.33. The second-order valence-corrected chi connectivity index (χ2v) is 7.63. The number of likely N-dealkylation sites (tertiary alicyclic amines) is 1. The second-order valence-electron chi connectivity index (χ2n) is 6.85. The van der Waals surface area contributed by atoms with Crippen molar-refractivity contribution < 1.29 is 14.3 Å². The van der Waals surface area contributed by atoms with E-state index in [0.717, 1.165) is 5.56 Å². The molecule has 11 heteroatoms. The molecule has 2 atom stereocenters. The smallest absolute Gasteiger partial charge is 0.410 e. The van der Waals surface area contributed by atoms with E-state index in [1.165, 1.54) is 15.7 Å². The first-order chi connectivity index (χ1) is 14.4. The van der Waals surface area contributed by atoms with Crippen molar-refractivity contribution in [3.05, 3.63) is 68.3 Å². The van der Waals surface area contributed by atoms with E-state index < -0.39 is 24.2 Å². The van der Waals surface area contributed by atoms with Crippen LogP contribution in [0.3, 0.4) is 0 Å². The van der Waals surface area contributed by atoms with Gasteiger partial charge in [-0.15, -0.1) is 0 Å². The van der Waals surface area contributed by atoms with Crippen LogP contribution in [-0.4, -0.2) is 46.8 Å². The minimum absolute atomic E-state index is 0.134. The molecule has 2 heterocycles. The minimum atomic E-state index is -0.640. The minimum Gasteiger partial charge on any atom is -0.445 e. The van der Waals surface area contributed by atoms with Gasteiger partial charge in [-0.05, 0) is 24.4 Å². The van der Waals surface area contributed by atoms with Gasteiger partial charge in [0.05, 0.1) is 16.1 Å². The molecule has 3 rings (SSSR count). The number of azide groups is 1. The Bertz CT molecular complexity index is 974. The zero-order valence-electron chi connectivity index (χ0n) is 16.2. The summed E-state index contributed by atoms with van der Waals surface area (Å²) in [5.74, 6) is 0. The molecule has 1 aromatic heterocycles. The molecule has 1 saturated heterocycles. The predicted molar refractivity (Wildman–Crippen MR) is 113 cm³/mol. The zero-order chi connectivity index (χ0) is 21.7. The lowest BCUT2D eigenvalue weighted by molar-refractivity contribution is 0.0817. The van der Waals surface area contributed by atoms with E-state index in [9.17, 15) is 9.59 Å². The maximum absolute atomic E-state index is 12.6. The van der Waals surface area contributed by atoms with Crippen molar-refractivity contribution in [1.82, 2.24) is 14.8 Å². The van der Waals surface area contributed by atoms with Crippen LogP contribution in [0.4, 0.5) is 9.59 Å². The molecule has 0 spiro atoms. The molecule has 0 radical (unpaired) electrons. The molecular formula is C19H20Cl2N6O3. The van der Waals surface area contributed by atoms with Crippen molar-refractivity contribution in [2.75, 3.05) is 13.1 Å². The lowest BCUT2D eigenvalue weighted by atomic mass is 10.0. The summed E-state index contributed by atoms with van der Waals surface area (Å²) in [4.78, 5) is 29.4. The normalized spacial score (nSPS) is 18.4. The van der Waals surface area contributed by atoms with E-state index in [4.69, 9.17) is 33.5 Å². The van der Waals surface area contributed by atoms with Gasteiger partial charge in [-0.3, -0.25) is 4.57 Å². The van der Waals surface area contributed by atoms with E-state index in [0.29, 0.717) is 23.7 Å². The third-order valence-electron chi connectivity index (χ3n) is 4.90. The molecular weight excluding hydrogens is 431 g/mol. The number of nitrogens with zero attached hydrogens (tertiary/aromatic N) is 5. The monoisotopic (exact) mass is 450 g/mol. The number of carbonyl (C=O) groups is 2.